The van der Waals surface area contributed by atoms with Crippen LogP contribution >= 0.6 is 0 Å². The van der Waals surface area contributed by atoms with Crippen LogP contribution in [-0.2, 0) is 26.7 Å². The van der Waals surface area contributed by atoms with Crippen molar-refractivity contribution < 1.29 is 8.78 Å². The van der Waals surface area contributed by atoms with E-state index in [-0.39, 0.29) is 18.7 Å². The molecule has 2 heterocycles. The zero-order valence-corrected chi connectivity index (χ0v) is 16.8. The quantitative estimate of drug-likeness (QED) is 0.625. The Bertz CT molecular complexity index is 1110. The average Bonchev–Trinajstić information content (AvgIpc) is 3.00. The van der Waals surface area contributed by atoms with E-state index >= 15 is 0 Å². The van der Waals surface area contributed by atoms with Crippen molar-refractivity contribution in [3.8, 4) is 0 Å². The van der Waals surface area contributed by atoms with Crippen LogP contribution in [0.1, 0.15) is 38.1 Å². The Morgan fingerprint density at radius 2 is 1.83 bits per heavy atom. The minimum atomic E-state index is -0.599. The minimum absolute atomic E-state index is 0.00850. The maximum absolute atomic E-state index is 14.0. The second-order valence-electron chi connectivity index (χ2n) is 7.03. The molecule has 3 aromatic rings. The second kappa shape index (κ2) is 8.69. The van der Waals surface area contributed by atoms with Crippen molar-refractivity contribution in [2.24, 2.45) is 7.05 Å². The molecule has 0 saturated carbocycles. The molecular weight excluding hydrogens is 380 g/mol. The van der Waals surface area contributed by atoms with Crippen LogP contribution in [0.25, 0.3) is 11.2 Å². The summed E-state index contributed by atoms with van der Waals surface area (Å²) in [7, 11) is 1.70. The zero-order valence-electron chi connectivity index (χ0n) is 16.8. The van der Waals surface area contributed by atoms with Gasteiger partial charge in [0, 0.05) is 25.7 Å². The molecule has 0 aliphatic heterocycles. The Hall–Kier alpha value is -2.81. The first kappa shape index (κ1) is 20.9. The molecule has 0 unspecified atom stereocenters. The summed E-state index contributed by atoms with van der Waals surface area (Å²) in [6, 6.07) is 3.79. The minimum Gasteiger partial charge on any atom is -0.324 e. The van der Waals surface area contributed by atoms with E-state index in [0.29, 0.717) is 30.1 Å². The van der Waals surface area contributed by atoms with E-state index in [0.717, 1.165) is 12.8 Å². The van der Waals surface area contributed by atoms with Gasteiger partial charge in [0.25, 0.3) is 5.56 Å². The highest BCUT2D eigenvalue weighted by molar-refractivity contribution is 5.70. The summed E-state index contributed by atoms with van der Waals surface area (Å²) in [5, 5.41) is 0. The van der Waals surface area contributed by atoms with Gasteiger partial charge in [0.15, 0.2) is 11.2 Å². The van der Waals surface area contributed by atoms with Crippen molar-refractivity contribution in [3.63, 3.8) is 0 Å². The summed E-state index contributed by atoms with van der Waals surface area (Å²) < 4.78 is 31.2. The maximum Gasteiger partial charge on any atom is 0.330 e. The fourth-order valence-corrected chi connectivity index (χ4v) is 3.34. The molecule has 29 heavy (non-hydrogen) atoms. The van der Waals surface area contributed by atoms with Gasteiger partial charge >= 0.3 is 5.69 Å². The van der Waals surface area contributed by atoms with Crippen LogP contribution in [0.3, 0.4) is 0 Å². The number of hydrogen-bond donors (Lipinski definition) is 1. The lowest BCUT2D eigenvalue weighted by molar-refractivity contribution is 0.254. The summed E-state index contributed by atoms with van der Waals surface area (Å²) in [4.78, 5) is 33.3. The van der Waals surface area contributed by atoms with Crippen molar-refractivity contribution >= 4 is 11.2 Å². The van der Waals surface area contributed by atoms with Crippen molar-refractivity contribution in [2.75, 3.05) is 6.54 Å². The third-order valence-electron chi connectivity index (χ3n) is 5.10. The van der Waals surface area contributed by atoms with E-state index < -0.39 is 22.9 Å². The monoisotopic (exact) mass is 405 g/mol. The summed E-state index contributed by atoms with van der Waals surface area (Å²) in [5.74, 6) is -0.656. The van der Waals surface area contributed by atoms with E-state index in [9.17, 15) is 18.4 Å². The van der Waals surface area contributed by atoms with Gasteiger partial charge in [0.05, 0.1) is 6.54 Å². The molecule has 0 radical (unpaired) electrons. The summed E-state index contributed by atoms with van der Waals surface area (Å²) >= 11 is 0. The fourth-order valence-electron chi connectivity index (χ4n) is 3.34. The lowest BCUT2D eigenvalue weighted by Gasteiger charge is -2.20. The lowest BCUT2D eigenvalue weighted by Crippen LogP contribution is -2.31. The van der Waals surface area contributed by atoms with Crippen LogP contribution < -0.4 is 11.2 Å². The number of aromatic amines is 1. The highest BCUT2D eigenvalue weighted by Crippen LogP contribution is 2.17. The van der Waals surface area contributed by atoms with Crippen LogP contribution in [0.5, 0.6) is 0 Å². The van der Waals surface area contributed by atoms with E-state index in [4.69, 9.17) is 0 Å². The number of unbranched alkanes of at least 4 members (excludes halogenated alkanes) is 1. The lowest BCUT2D eigenvalue weighted by atomic mass is 10.2. The molecule has 1 N–H and O–H groups in total. The standard InChI is InChI=1S/C20H25F2N5O2/c1-4-6-10-27-18-17(19(28)24-20(27)29)25(3)16(23-18)12-26(5-2)11-13-14(21)8-7-9-15(13)22/h7-9H,4-6,10-12H2,1-3H3,(H,24,28,29). The molecule has 0 fully saturated rings. The smallest absolute Gasteiger partial charge is 0.324 e. The van der Waals surface area contributed by atoms with E-state index in [1.54, 1.807) is 11.6 Å². The topological polar surface area (TPSA) is 75.9 Å². The molecule has 0 spiro atoms. The Morgan fingerprint density at radius 1 is 1.14 bits per heavy atom. The number of aromatic nitrogens is 4. The molecule has 156 valence electrons. The molecule has 3 rings (SSSR count). The number of halogens is 2. The van der Waals surface area contributed by atoms with Crippen LogP contribution in [0.2, 0.25) is 0 Å². The molecule has 2 aromatic heterocycles. The zero-order chi connectivity index (χ0) is 21.1. The van der Waals surface area contributed by atoms with Gasteiger partial charge in [-0.1, -0.05) is 26.3 Å². The number of rotatable bonds is 8. The van der Waals surface area contributed by atoms with Gasteiger partial charge in [0.1, 0.15) is 17.5 Å². The van der Waals surface area contributed by atoms with Gasteiger partial charge in [-0.25, -0.2) is 18.6 Å². The molecule has 9 heteroatoms. The largest absolute Gasteiger partial charge is 0.330 e. The van der Waals surface area contributed by atoms with Crippen LogP contribution in [0.4, 0.5) is 8.78 Å². The fraction of sp³-hybridized carbons (Fsp3) is 0.450. The Labute approximate surface area is 166 Å². The molecular formula is C20H25F2N5O2. The number of nitrogens with one attached hydrogen (secondary N) is 1. The third-order valence-corrected chi connectivity index (χ3v) is 5.10. The van der Waals surface area contributed by atoms with Gasteiger partial charge in [-0.05, 0) is 25.1 Å². The first-order valence-electron chi connectivity index (χ1n) is 9.71. The number of H-pyrrole nitrogens is 1. The predicted octanol–water partition coefficient (Wildman–Crippen LogP) is 2.52. The van der Waals surface area contributed by atoms with E-state index in [1.807, 2.05) is 18.7 Å². The number of imidazole rings is 1. The van der Waals surface area contributed by atoms with Gasteiger partial charge in [-0.3, -0.25) is 19.2 Å². The van der Waals surface area contributed by atoms with Gasteiger partial charge in [-0.2, -0.15) is 0 Å². The van der Waals surface area contributed by atoms with Crippen molar-refractivity contribution in [2.45, 2.75) is 46.3 Å². The van der Waals surface area contributed by atoms with Crippen molar-refractivity contribution in [3.05, 3.63) is 62.1 Å². The molecule has 7 nitrogen and oxygen atoms in total. The van der Waals surface area contributed by atoms with Crippen LogP contribution in [0.15, 0.2) is 27.8 Å². The van der Waals surface area contributed by atoms with Gasteiger partial charge < -0.3 is 4.57 Å². The molecule has 0 aliphatic carbocycles. The normalized spacial score (nSPS) is 11.7. The van der Waals surface area contributed by atoms with Crippen molar-refractivity contribution in [1.29, 1.82) is 0 Å². The molecule has 0 bridgehead atoms. The van der Waals surface area contributed by atoms with Crippen LogP contribution in [0, 0.1) is 11.6 Å². The average molecular weight is 405 g/mol. The summed E-state index contributed by atoms with van der Waals surface area (Å²) in [5.41, 5.74) is -0.351. The number of fused-ring (bicyclic) bond motifs is 1. The Morgan fingerprint density at radius 3 is 2.45 bits per heavy atom. The number of hydrogen-bond acceptors (Lipinski definition) is 4. The predicted molar refractivity (Wildman–Crippen MR) is 107 cm³/mol. The molecule has 1 aromatic carbocycles. The first-order chi connectivity index (χ1) is 13.9. The highest BCUT2D eigenvalue weighted by Gasteiger charge is 2.19. The maximum atomic E-state index is 14.0. The van der Waals surface area contributed by atoms with Gasteiger partial charge in [-0.15, -0.1) is 0 Å². The Balaban J connectivity index is 1.99. The Kier molecular flexibility index (Phi) is 6.26. The molecule has 0 atom stereocenters. The second-order valence-corrected chi connectivity index (χ2v) is 7.03. The van der Waals surface area contributed by atoms with Crippen molar-refractivity contribution in [1.82, 2.24) is 24.0 Å². The number of nitrogens with zero attached hydrogens (tertiary/aromatic N) is 4. The summed E-state index contributed by atoms with van der Waals surface area (Å²) in [6.07, 6.45) is 1.67. The van der Waals surface area contributed by atoms with E-state index in [1.165, 1.54) is 22.8 Å². The molecule has 0 saturated heterocycles. The SMILES string of the molecule is CCCCn1c(=O)[nH]c(=O)c2c1nc(CN(CC)Cc1c(F)cccc1F)n2C. The van der Waals surface area contributed by atoms with E-state index in [2.05, 4.69) is 9.97 Å². The molecule has 0 aliphatic rings. The third kappa shape index (κ3) is 4.14. The number of aryl methyl sites for hydroxylation is 2. The highest BCUT2D eigenvalue weighted by atomic mass is 19.1. The summed E-state index contributed by atoms with van der Waals surface area (Å²) in [6.45, 7) is 5.21. The van der Waals surface area contributed by atoms with Crippen LogP contribution in [-0.4, -0.2) is 30.5 Å². The number of benzene rings is 1. The molecule has 0 amide bonds. The van der Waals surface area contributed by atoms with Gasteiger partial charge in [0.2, 0.25) is 0 Å². The first-order valence-corrected chi connectivity index (χ1v) is 9.71.